The van der Waals surface area contributed by atoms with Gasteiger partial charge in [-0.25, -0.2) is 4.98 Å². The van der Waals surface area contributed by atoms with Crippen molar-refractivity contribution in [1.82, 2.24) is 10.3 Å². The topological polar surface area (TPSA) is 54.0 Å². The van der Waals surface area contributed by atoms with Gasteiger partial charge in [-0.15, -0.1) is 0 Å². The van der Waals surface area contributed by atoms with E-state index in [0.29, 0.717) is 11.6 Å². The summed E-state index contributed by atoms with van der Waals surface area (Å²) in [5.74, 6) is 3.74. The Labute approximate surface area is 118 Å². The molecule has 2 N–H and O–H groups in total. The van der Waals surface area contributed by atoms with Crippen molar-refractivity contribution in [2.45, 2.75) is 19.8 Å². The number of thioether (sulfide) groups is 1. The van der Waals surface area contributed by atoms with Gasteiger partial charge in [0.25, 0.3) is 5.91 Å². The van der Waals surface area contributed by atoms with Crippen molar-refractivity contribution >= 4 is 23.5 Å². The minimum Gasteiger partial charge on any atom is -0.370 e. The lowest BCUT2D eigenvalue weighted by Crippen LogP contribution is -2.31. The highest BCUT2D eigenvalue weighted by atomic mass is 32.2. The Morgan fingerprint density at radius 2 is 2.21 bits per heavy atom. The Kier molecular flexibility index (Phi) is 5.51. The molecule has 0 aromatic carbocycles. The van der Waals surface area contributed by atoms with Crippen LogP contribution in [0.5, 0.6) is 0 Å². The highest BCUT2D eigenvalue weighted by Crippen LogP contribution is 2.21. The monoisotopic (exact) mass is 279 g/mol. The van der Waals surface area contributed by atoms with Crippen molar-refractivity contribution in [3.63, 3.8) is 0 Å². The fourth-order valence-electron chi connectivity index (χ4n) is 2.12. The molecule has 0 bridgehead atoms. The van der Waals surface area contributed by atoms with Gasteiger partial charge in [0.1, 0.15) is 11.5 Å². The molecule has 2 rings (SSSR count). The van der Waals surface area contributed by atoms with E-state index in [1.807, 2.05) is 30.8 Å². The van der Waals surface area contributed by atoms with E-state index in [9.17, 15) is 4.79 Å². The molecule has 1 aliphatic heterocycles. The zero-order chi connectivity index (χ0) is 13.5. The molecule has 0 atom stereocenters. The second kappa shape index (κ2) is 7.38. The van der Waals surface area contributed by atoms with Gasteiger partial charge in [0.2, 0.25) is 0 Å². The van der Waals surface area contributed by atoms with Gasteiger partial charge in [0.15, 0.2) is 0 Å². The summed E-state index contributed by atoms with van der Waals surface area (Å²) < 4.78 is 0. The summed E-state index contributed by atoms with van der Waals surface area (Å²) in [5.41, 5.74) is 0.489. The molecule has 1 aromatic rings. The zero-order valence-electron chi connectivity index (χ0n) is 11.3. The van der Waals surface area contributed by atoms with Crippen molar-refractivity contribution in [3.05, 3.63) is 23.9 Å². The Bertz CT molecular complexity index is 419. The van der Waals surface area contributed by atoms with Crippen LogP contribution < -0.4 is 10.6 Å². The highest BCUT2D eigenvalue weighted by molar-refractivity contribution is 7.99. The summed E-state index contributed by atoms with van der Waals surface area (Å²) in [6.45, 7) is 3.58. The van der Waals surface area contributed by atoms with E-state index in [0.717, 1.165) is 18.9 Å². The predicted molar refractivity (Wildman–Crippen MR) is 80.8 cm³/mol. The molecular formula is C14H21N3OS. The van der Waals surface area contributed by atoms with Crippen molar-refractivity contribution in [1.29, 1.82) is 0 Å². The molecule has 2 heterocycles. The lowest BCUT2D eigenvalue weighted by molar-refractivity contribution is 0.0941. The van der Waals surface area contributed by atoms with Crippen LogP contribution in [0.25, 0.3) is 0 Å². The number of carbonyl (C=O) groups excluding carboxylic acids is 1. The normalized spacial score (nSPS) is 16.1. The van der Waals surface area contributed by atoms with E-state index in [1.54, 1.807) is 6.07 Å². The molecule has 0 aliphatic carbocycles. The van der Waals surface area contributed by atoms with E-state index in [-0.39, 0.29) is 5.91 Å². The molecule has 4 nitrogen and oxygen atoms in total. The van der Waals surface area contributed by atoms with Gasteiger partial charge in [-0.1, -0.05) is 6.07 Å². The summed E-state index contributed by atoms with van der Waals surface area (Å²) in [6, 6.07) is 5.49. The molecule has 19 heavy (non-hydrogen) atoms. The number of nitrogens with one attached hydrogen (secondary N) is 2. The van der Waals surface area contributed by atoms with Crippen LogP contribution in [0.2, 0.25) is 0 Å². The Balaban J connectivity index is 1.86. The third-order valence-electron chi connectivity index (χ3n) is 3.23. The molecule has 1 aromatic heterocycles. The van der Waals surface area contributed by atoms with Gasteiger partial charge in [-0.05, 0) is 49.3 Å². The van der Waals surface area contributed by atoms with Gasteiger partial charge >= 0.3 is 0 Å². The lowest BCUT2D eigenvalue weighted by atomic mass is 10.0. The second-order valence-electron chi connectivity index (χ2n) is 4.70. The van der Waals surface area contributed by atoms with Crippen LogP contribution in [-0.4, -0.2) is 35.5 Å². The maximum Gasteiger partial charge on any atom is 0.269 e. The Morgan fingerprint density at radius 1 is 1.42 bits per heavy atom. The fraction of sp³-hybridized carbons (Fsp3) is 0.571. The first-order chi connectivity index (χ1) is 9.29. The molecule has 0 spiro atoms. The van der Waals surface area contributed by atoms with Gasteiger partial charge in [-0.3, -0.25) is 4.79 Å². The maximum absolute atomic E-state index is 12.0. The molecule has 1 amide bonds. The number of amides is 1. The maximum atomic E-state index is 12.0. The summed E-state index contributed by atoms with van der Waals surface area (Å²) in [6.07, 6.45) is 2.41. The van der Waals surface area contributed by atoms with Crippen LogP contribution in [0.3, 0.4) is 0 Å². The number of aromatic nitrogens is 1. The first-order valence-corrected chi connectivity index (χ1v) is 8.02. The second-order valence-corrected chi connectivity index (χ2v) is 5.93. The molecule has 1 saturated heterocycles. The molecule has 5 heteroatoms. The van der Waals surface area contributed by atoms with Crippen LogP contribution in [0, 0.1) is 5.92 Å². The third kappa shape index (κ3) is 4.42. The Morgan fingerprint density at radius 3 is 2.95 bits per heavy atom. The zero-order valence-corrected chi connectivity index (χ0v) is 12.1. The number of rotatable bonds is 5. The lowest BCUT2D eigenvalue weighted by Gasteiger charge is -2.21. The van der Waals surface area contributed by atoms with Crippen LogP contribution in [-0.2, 0) is 0 Å². The smallest absolute Gasteiger partial charge is 0.269 e. The molecule has 1 fully saturated rings. The van der Waals surface area contributed by atoms with E-state index >= 15 is 0 Å². The van der Waals surface area contributed by atoms with E-state index in [2.05, 4.69) is 15.6 Å². The SMILES string of the molecule is CCNc1cccc(C(=O)NCC2CCSCC2)n1. The first-order valence-electron chi connectivity index (χ1n) is 6.86. The van der Waals surface area contributed by atoms with Crippen molar-refractivity contribution in [2.24, 2.45) is 5.92 Å². The Hall–Kier alpha value is -1.23. The van der Waals surface area contributed by atoms with Gasteiger partial charge < -0.3 is 10.6 Å². The largest absolute Gasteiger partial charge is 0.370 e. The van der Waals surface area contributed by atoms with Gasteiger partial charge in [0.05, 0.1) is 0 Å². The molecule has 0 saturated carbocycles. The summed E-state index contributed by atoms with van der Waals surface area (Å²) >= 11 is 2.00. The molecule has 0 radical (unpaired) electrons. The standard InChI is InChI=1S/C14H21N3OS/c1-2-15-13-5-3-4-12(17-13)14(18)16-10-11-6-8-19-9-7-11/h3-5,11H,2,6-10H2,1H3,(H,15,17)(H,16,18). The number of anilines is 1. The summed E-state index contributed by atoms with van der Waals surface area (Å²) in [7, 11) is 0. The molecule has 104 valence electrons. The molecule has 0 unspecified atom stereocenters. The fourth-order valence-corrected chi connectivity index (χ4v) is 3.32. The minimum atomic E-state index is -0.0713. The molecular weight excluding hydrogens is 258 g/mol. The van der Waals surface area contributed by atoms with Crippen LogP contribution in [0.1, 0.15) is 30.3 Å². The van der Waals surface area contributed by atoms with Crippen LogP contribution in [0.15, 0.2) is 18.2 Å². The number of nitrogens with zero attached hydrogens (tertiary/aromatic N) is 1. The van der Waals surface area contributed by atoms with Crippen molar-refractivity contribution in [3.8, 4) is 0 Å². The highest BCUT2D eigenvalue weighted by Gasteiger charge is 2.15. The van der Waals surface area contributed by atoms with Crippen LogP contribution in [0.4, 0.5) is 5.82 Å². The average Bonchev–Trinajstić information content (AvgIpc) is 2.46. The van der Waals surface area contributed by atoms with Crippen LogP contribution >= 0.6 is 11.8 Å². The first kappa shape index (κ1) is 14.2. The van der Waals surface area contributed by atoms with Gasteiger partial charge in [0, 0.05) is 13.1 Å². The number of hydrogen-bond acceptors (Lipinski definition) is 4. The number of hydrogen-bond donors (Lipinski definition) is 2. The average molecular weight is 279 g/mol. The van der Waals surface area contributed by atoms with Gasteiger partial charge in [-0.2, -0.15) is 11.8 Å². The van der Waals surface area contributed by atoms with Crippen molar-refractivity contribution < 1.29 is 4.79 Å². The number of carbonyl (C=O) groups is 1. The van der Waals surface area contributed by atoms with E-state index < -0.39 is 0 Å². The quantitative estimate of drug-likeness (QED) is 0.869. The van der Waals surface area contributed by atoms with E-state index in [1.165, 1.54) is 24.3 Å². The summed E-state index contributed by atoms with van der Waals surface area (Å²) in [4.78, 5) is 16.3. The number of pyridine rings is 1. The summed E-state index contributed by atoms with van der Waals surface area (Å²) in [5, 5.41) is 6.11. The van der Waals surface area contributed by atoms with E-state index in [4.69, 9.17) is 0 Å². The minimum absolute atomic E-state index is 0.0713. The third-order valence-corrected chi connectivity index (χ3v) is 4.28. The van der Waals surface area contributed by atoms with Crippen molar-refractivity contribution in [2.75, 3.05) is 29.9 Å². The predicted octanol–water partition coefficient (Wildman–Crippen LogP) is 2.39. The molecule has 1 aliphatic rings.